The van der Waals surface area contributed by atoms with Crippen molar-refractivity contribution in [2.24, 2.45) is 10.9 Å². The van der Waals surface area contributed by atoms with E-state index in [1.54, 1.807) is 0 Å². The number of piperidine rings is 1. The zero-order valence-electron chi connectivity index (χ0n) is 18.5. The number of anilines is 1. The molecule has 1 aromatic heterocycles. The predicted molar refractivity (Wildman–Crippen MR) is 122 cm³/mol. The number of aromatic nitrogens is 1. The van der Waals surface area contributed by atoms with E-state index in [9.17, 15) is 0 Å². The lowest BCUT2D eigenvalue weighted by Crippen LogP contribution is -2.44. The Hall–Kier alpha value is -1.86. The van der Waals surface area contributed by atoms with Crippen LogP contribution in [-0.4, -0.2) is 87.2 Å². The van der Waals surface area contributed by atoms with Crippen molar-refractivity contribution < 1.29 is 0 Å². The van der Waals surface area contributed by atoms with Crippen LogP contribution in [0.25, 0.3) is 0 Å². The van der Waals surface area contributed by atoms with E-state index < -0.39 is 0 Å². The van der Waals surface area contributed by atoms with Gasteiger partial charge in [-0.25, -0.2) is 4.98 Å². The molecule has 2 aliphatic heterocycles. The van der Waals surface area contributed by atoms with Crippen LogP contribution < -0.4 is 15.5 Å². The monoisotopic (exact) mass is 401 g/mol. The lowest BCUT2D eigenvalue weighted by Gasteiger charge is -2.33. The zero-order valence-corrected chi connectivity index (χ0v) is 18.5. The normalized spacial score (nSPS) is 20.1. The number of likely N-dealkylation sites (N-methyl/N-ethyl adjacent to an activating group) is 1. The molecule has 2 aliphatic rings. The van der Waals surface area contributed by atoms with Gasteiger partial charge >= 0.3 is 0 Å². The average molecular weight is 402 g/mol. The number of hydrogen-bond acceptors (Lipinski definition) is 5. The lowest BCUT2D eigenvalue weighted by molar-refractivity contribution is 0.191. The van der Waals surface area contributed by atoms with Gasteiger partial charge in [0.25, 0.3) is 0 Å². The summed E-state index contributed by atoms with van der Waals surface area (Å²) in [4.78, 5) is 16.3. The molecule has 0 spiro atoms. The molecule has 29 heavy (non-hydrogen) atoms. The summed E-state index contributed by atoms with van der Waals surface area (Å²) in [5.41, 5.74) is 1.17. The molecule has 0 bridgehead atoms. The van der Waals surface area contributed by atoms with E-state index in [-0.39, 0.29) is 0 Å². The van der Waals surface area contributed by atoms with Gasteiger partial charge in [0.05, 0.1) is 0 Å². The average Bonchev–Trinajstić information content (AvgIpc) is 2.75. The Morgan fingerprint density at radius 3 is 2.52 bits per heavy atom. The van der Waals surface area contributed by atoms with Crippen molar-refractivity contribution in [1.82, 2.24) is 25.4 Å². The van der Waals surface area contributed by atoms with E-state index in [2.05, 4.69) is 61.4 Å². The largest absolute Gasteiger partial charge is 0.356 e. The number of aliphatic imine (C=N–C) groups is 1. The topological polar surface area (TPSA) is 59.0 Å². The minimum absolute atomic E-state index is 0.736. The van der Waals surface area contributed by atoms with Crippen molar-refractivity contribution in [2.45, 2.75) is 32.7 Å². The Balaban J connectivity index is 1.33. The molecule has 2 fully saturated rings. The highest BCUT2D eigenvalue weighted by molar-refractivity contribution is 5.79. The lowest BCUT2D eigenvalue weighted by atomic mass is 9.99. The summed E-state index contributed by atoms with van der Waals surface area (Å²) in [5.74, 6) is 2.84. The van der Waals surface area contributed by atoms with E-state index in [0.29, 0.717) is 0 Å². The van der Waals surface area contributed by atoms with Gasteiger partial charge in [-0.05, 0) is 63.5 Å². The number of nitrogens with zero attached hydrogens (tertiary/aromatic N) is 5. The van der Waals surface area contributed by atoms with Crippen LogP contribution in [-0.2, 0) is 6.54 Å². The van der Waals surface area contributed by atoms with Gasteiger partial charge in [-0.3, -0.25) is 4.99 Å². The van der Waals surface area contributed by atoms with Crippen LogP contribution in [0.5, 0.6) is 0 Å². The third kappa shape index (κ3) is 7.16. The molecule has 7 heteroatoms. The second-order valence-corrected chi connectivity index (χ2v) is 8.55. The molecule has 3 heterocycles. The van der Waals surface area contributed by atoms with Gasteiger partial charge in [0.1, 0.15) is 5.82 Å². The Labute approximate surface area is 176 Å². The highest BCUT2D eigenvalue weighted by Crippen LogP contribution is 2.16. The molecule has 2 N–H and O–H groups in total. The number of rotatable bonds is 7. The minimum atomic E-state index is 0.736. The molecule has 3 rings (SSSR count). The van der Waals surface area contributed by atoms with Crippen molar-refractivity contribution in [3.8, 4) is 0 Å². The molecule has 7 nitrogen and oxygen atoms in total. The van der Waals surface area contributed by atoms with E-state index in [0.717, 1.165) is 63.4 Å². The molecule has 0 aliphatic carbocycles. The third-order valence-corrected chi connectivity index (χ3v) is 6.14. The van der Waals surface area contributed by atoms with E-state index in [1.807, 2.05) is 13.2 Å². The smallest absolute Gasteiger partial charge is 0.191 e. The predicted octanol–water partition coefficient (Wildman–Crippen LogP) is 1.62. The van der Waals surface area contributed by atoms with Crippen molar-refractivity contribution in [2.75, 3.05) is 71.4 Å². The van der Waals surface area contributed by atoms with Gasteiger partial charge < -0.3 is 25.3 Å². The first-order chi connectivity index (χ1) is 14.1. The van der Waals surface area contributed by atoms with Crippen LogP contribution in [0.15, 0.2) is 23.3 Å². The number of nitrogens with one attached hydrogen (secondary N) is 2. The first kappa shape index (κ1) is 21.8. The second kappa shape index (κ2) is 11.4. The molecule has 0 amide bonds. The van der Waals surface area contributed by atoms with Gasteiger partial charge in [0.15, 0.2) is 5.96 Å². The number of guanidine groups is 1. The third-order valence-electron chi connectivity index (χ3n) is 6.14. The Bertz CT molecular complexity index is 615. The van der Waals surface area contributed by atoms with E-state index in [1.165, 1.54) is 38.0 Å². The van der Waals surface area contributed by atoms with Crippen LogP contribution in [0.4, 0.5) is 5.82 Å². The summed E-state index contributed by atoms with van der Waals surface area (Å²) < 4.78 is 0. The van der Waals surface area contributed by atoms with Crippen molar-refractivity contribution in [1.29, 1.82) is 0 Å². The molecule has 0 radical (unpaired) electrons. The molecule has 162 valence electrons. The van der Waals surface area contributed by atoms with Crippen LogP contribution in [0.3, 0.4) is 0 Å². The first-order valence-electron chi connectivity index (χ1n) is 11.2. The fourth-order valence-corrected chi connectivity index (χ4v) is 3.95. The van der Waals surface area contributed by atoms with Crippen LogP contribution in [0.2, 0.25) is 0 Å². The highest BCUT2D eigenvalue weighted by atomic mass is 15.3. The van der Waals surface area contributed by atoms with Gasteiger partial charge in [0.2, 0.25) is 0 Å². The van der Waals surface area contributed by atoms with Crippen molar-refractivity contribution >= 4 is 11.8 Å². The molecule has 0 atom stereocenters. The van der Waals surface area contributed by atoms with Crippen molar-refractivity contribution in [3.05, 3.63) is 23.9 Å². The van der Waals surface area contributed by atoms with Gasteiger partial charge in [0, 0.05) is 52.5 Å². The number of likely N-dealkylation sites (tertiary alicyclic amines) is 1. The summed E-state index contributed by atoms with van der Waals surface area (Å²) in [6, 6.07) is 4.30. The van der Waals surface area contributed by atoms with Gasteiger partial charge in [-0.1, -0.05) is 13.0 Å². The fraction of sp³-hybridized carbons (Fsp3) is 0.727. The minimum Gasteiger partial charge on any atom is -0.356 e. The molecule has 0 saturated carbocycles. The van der Waals surface area contributed by atoms with Gasteiger partial charge in [-0.15, -0.1) is 0 Å². The van der Waals surface area contributed by atoms with Crippen LogP contribution >= 0.6 is 0 Å². The first-order valence-corrected chi connectivity index (χ1v) is 11.2. The Morgan fingerprint density at radius 2 is 1.86 bits per heavy atom. The maximum absolute atomic E-state index is 4.67. The summed E-state index contributed by atoms with van der Waals surface area (Å²) in [6.45, 7) is 12.0. The molecule has 0 aromatic carbocycles. The number of piperazine rings is 1. The van der Waals surface area contributed by atoms with Gasteiger partial charge in [-0.2, -0.15) is 0 Å². The standard InChI is InChI=1S/C22H39N7/c1-19-7-11-28(12-8-19)10-4-9-24-22(23-2)26-18-20-5-6-21(25-17-20)29-15-13-27(3)14-16-29/h5-6,17,19H,4,7-16,18H2,1-3H3,(H2,23,24,26). The zero-order chi connectivity index (χ0) is 20.5. The van der Waals surface area contributed by atoms with Crippen molar-refractivity contribution in [3.63, 3.8) is 0 Å². The summed E-state index contributed by atoms with van der Waals surface area (Å²) in [5, 5.41) is 6.83. The quantitative estimate of drug-likeness (QED) is 0.411. The fourth-order valence-electron chi connectivity index (χ4n) is 3.95. The maximum Gasteiger partial charge on any atom is 0.191 e. The Kier molecular flexibility index (Phi) is 8.55. The van der Waals surface area contributed by atoms with E-state index >= 15 is 0 Å². The Morgan fingerprint density at radius 1 is 1.10 bits per heavy atom. The summed E-state index contributed by atoms with van der Waals surface area (Å²) in [7, 11) is 4.00. The maximum atomic E-state index is 4.67. The van der Waals surface area contributed by atoms with Crippen LogP contribution in [0.1, 0.15) is 31.7 Å². The molecule has 2 saturated heterocycles. The second-order valence-electron chi connectivity index (χ2n) is 8.55. The van der Waals surface area contributed by atoms with E-state index in [4.69, 9.17) is 0 Å². The number of pyridine rings is 1. The van der Waals surface area contributed by atoms with Crippen LogP contribution in [0, 0.1) is 5.92 Å². The molecule has 0 unspecified atom stereocenters. The summed E-state index contributed by atoms with van der Waals surface area (Å²) in [6.07, 6.45) is 5.82. The molecular formula is C22H39N7. The SMILES string of the molecule is CN=C(NCCCN1CCC(C)CC1)NCc1ccc(N2CCN(C)CC2)nc1. The highest BCUT2D eigenvalue weighted by Gasteiger charge is 2.16. The summed E-state index contributed by atoms with van der Waals surface area (Å²) >= 11 is 0. The number of hydrogen-bond donors (Lipinski definition) is 2. The molecule has 1 aromatic rings. The molecular weight excluding hydrogens is 362 g/mol.